The summed E-state index contributed by atoms with van der Waals surface area (Å²) < 4.78 is 0. The molecule has 1 unspecified atom stereocenters. The number of hydrogen-bond acceptors (Lipinski definition) is 3. The summed E-state index contributed by atoms with van der Waals surface area (Å²) >= 11 is 0. The van der Waals surface area contributed by atoms with Gasteiger partial charge >= 0.3 is 0 Å². The van der Waals surface area contributed by atoms with Crippen LogP contribution in [-0.2, 0) is 0 Å². The van der Waals surface area contributed by atoms with E-state index in [4.69, 9.17) is 0 Å². The maximum absolute atomic E-state index is 3.41. The van der Waals surface area contributed by atoms with Crippen molar-refractivity contribution in [2.75, 3.05) is 45.9 Å². The molecule has 0 aliphatic carbocycles. The van der Waals surface area contributed by atoms with Gasteiger partial charge in [-0.2, -0.15) is 0 Å². The van der Waals surface area contributed by atoms with E-state index in [1.807, 2.05) is 0 Å². The number of hydrogen-bond donors (Lipinski definition) is 1. The molecule has 2 fully saturated rings. The SMILES string of the molecule is c1ccc(C2CCN(CN3CCNCC3)C2)cc1. The van der Waals surface area contributed by atoms with Crippen molar-refractivity contribution < 1.29 is 0 Å². The topological polar surface area (TPSA) is 18.5 Å². The van der Waals surface area contributed by atoms with E-state index in [-0.39, 0.29) is 0 Å². The van der Waals surface area contributed by atoms with Crippen LogP contribution in [0.15, 0.2) is 30.3 Å². The minimum absolute atomic E-state index is 0.745. The van der Waals surface area contributed by atoms with Gasteiger partial charge in [0.15, 0.2) is 0 Å². The van der Waals surface area contributed by atoms with Gasteiger partial charge in [0.25, 0.3) is 0 Å². The molecule has 2 heterocycles. The fraction of sp³-hybridized carbons (Fsp3) is 0.600. The Morgan fingerprint density at radius 2 is 1.78 bits per heavy atom. The monoisotopic (exact) mass is 245 g/mol. The van der Waals surface area contributed by atoms with E-state index in [1.165, 1.54) is 38.2 Å². The summed E-state index contributed by atoms with van der Waals surface area (Å²) in [6.45, 7) is 8.34. The number of nitrogens with one attached hydrogen (secondary N) is 1. The molecule has 3 heteroatoms. The highest BCUT2D eigenvalue weighted by molar-refractivity contribution is 5.20. The number of rotatable bonds is 3. The zero-order valence-electron chi connectivity index (χ0n) is 11.0. The molecule has 0 bridgehead atoms. The van der Waals surface area contributed by atoms with Crippen molar-refractivity contribution in [3.63, 3.8) is 0 Å². The molecule has 1 N–H and O–H groups in total. The minimum Gasteiger partial charge on any atom is -0.314 e. The molecule has 2 aliphatic rings. The fourth-order valence-corrected chi connectivity index (χ4v) is 3.09. The average Bonchev–Trinajstić information content (AvgIpc) is 2.89. The van der Waals surface area contributed by atoms with Crippen LogP contribution in [0.2, 0.25) is 0 Å². The van der Waals surface area contributed by atoms with E-state index < -0.39 is 0 Å². The molecule has 0 amide bonds. The third kappa shape index (κ3) is 2.91. The summed E-state index contributed by atoms with van der Waals surface area (Å²) in [5.41, 5.74) is 1.51. The van der Waals surface area contributed by atoms with Crippen molar-refractivity contribution in [2.45, 2.75) is 12.3 Å². The normalized spacial score (nSPS) is 26.6. The smallest absolute Gasteiger partial charge is 0.0507 e. The number of likely N-dealkylation sites (tertiary alicyclic amines) is 1. The van der Waals surface area contributed by atoms with Crippen LogP contribution in [0, 0.1) is 0 Å². The quantitative estimate of drug-likeness (QED) is 0.867. The number of nitrogens with zero attached hydrogens (tertiary/aromatic N) is 2. The number of piperazine rings is 1. The van der Waals surface area contributed by atoms with Gasteiger partial charge in [0, 0.05) is 39.3 Å². The Morgan fingerprint density at radius 3 is 2.56 bits per heavy atom. The van der Waals surface area contributed by atoms with Crippen molar-refractivity contribution in [1.29, 1.82) is 0 Å². The Hall–Kier alpha value is -0.900. The van der Waals surface area contributed by atoms with Crippen LogP contribution < -0.4 is 5.32 Å². The lowest BCUT2D eigenvalue weighted by Crippen LogP contribution is -2.47. The Balaban J connectivity index is 1.52. The standard InChI is InChI=1S/C15H23N3/c1-2-4-14(5-3-1)15-6-9-18(12-15)13-17-10-7-16-8-11-17/h1-5,15-16H,6-13H2. The van der Waals surface area contributed by atoms with Crippen LogP contribution in [0.5, 0.6) is 0 Å². The lowest BCUT2D eigenvalue weighted by atomic mass is 9.99. The first kappa shape index (κ1) is 12.2. The highest BCUT2D eigenvalue weighted by atomic mass is 15.3. The van der Waals surface area contributed by atoms with Crippen molar-refractivity contribution in [3.05, 3.63) is 35.9 Å². The molecule has 2 saturated heterocycles. The molecule has 1 aromatic rings. The molecule has 18 heavy (non-hydrogen) atoms. The van der Waals surface area contributed by atoms with Crippen LogP contribution >= 0.6 is 0 Å². The molecule has 2 aliphatic heterocycles. The third-order valence-corrected chi connectivity index (χ3v) is 4.15. The molecular weight excluding hydrogens is 222 g/mol. The van der Waals surface area contributed by atoms with E-state index in [0.717, 1.165) is 25.7 Å². The van der Waals surface area contributed by atoms with Crippen LogP contribution in [0.4, 0.5) is 0 Å². The molecule has 3 rings (SSSR count). The van der Waals surface area contributed by atoms with Crippen LogP contribution in [0.1, 0.15) is 17.9 Å². The van der Waals surface area contributed by atoms with E-state index in [0.29, 0.717) is 0 Å². The van der Waals surface area contributed by atoms with Gasteiger partial charge in [0.1, 0.15) is 0 Å². The predicted molar refractivity (Wildman–Crippen MR) is 74.7 cm³/mol. The molecule has 3 nitrogen and oxygen atoms in total. The minimum atomic E-state index is 0.745. The first-order valence-electron chi connectivity index (χ1n) is 7.12. The molecule has 0 spiro atoms. The Labute approximate surface area is 110 Å². The van der Waals surface area contributed by atoms with Gasteiger partial charge in [-0.05, 0) is 17.9 Å². The highest BCUT2D eigenvalue weighted by Crippen LogP contribution is 2.26. The summed E-state index contributed by atoms with van der Waals surface area (Å²) in [5, 5.41) is 3.41. The highest BCUT2D eigenvalue weighted by Gasteiger charge is 2.25. The Bertz CT molecular complexity index is 359. The Morgan fingerprint density at radius 1 is 1.00 bits per heavy atom. The number of benzene rings is 1. The van der Waals surface area contributed by atoms with Crippen molar-refractivity contribution in [3.8, 4) is 0 Å². The van der Waals surface area contributed by atoms with Gasteiger partial charge in [0.2, 0.25) is 0 Å². The molecule has 1 atom stereocenters. The largest absolute Gasteiger partial charge is 0.314 e. The molecule has 98 valence electrons. The molecule has 0 saturated carbocycles. The van der Waals surface area contributed by atoms with Gasteiger partial charge in [-0.15, -0.1) is 0 Å². The second-order valence-corrected chi connectivity index (χ2v) is 5.48. The maximum Gasteiger partial charge on any atom is 0.0507 e. The Kier molecular flexibility index (Phi) is 3.93. The zero-order valence-corrected chi connectivity index (χ0v) is 11.0. The summed E-state index contributed by atoms with van der Waals surface area (Å²) in [5.74, 6) is 0.745. The first-order valence-corrected chi connectivity index (χ1v) is 7.12. The average molecular weight is 245 g/mol. The van der Waals surface area contributed by atoms with Crippen LogP contribution in [0.3, 0.4) is 0 Å². The molecule has 0 radical (unpaired) electrons. The van der Waals surface area contributed by atoms with E-state index in [9.17, 15) is 0 Å². The van der Waals surface area contributed by atoms with E-state index in [1.54, 1.807) is 0 Å². The van der Waals surface area contributed by atoms with Crippen molar-refractivity contribution in [1.82, 2.24) is 15.1 Å². The first-order chi connectivity index (χ1) is 8.92. The second kappa shape index (κ2) is 5.83. The van der Waals surface area contributed by atoms with Gasteiger partial charge in [-0.3, -0.25) is 9.80 Å². The predicted octanol–water partition coefficient (Wildman–Crippen LogP) is 1.34. The maximum atomic E-state index is 3.41. The van der Waals surface area contributed by atoms with Gasteiger partial charge < -0.3 is 5.32 Å². The zero-order chi connectivity index (χ0) is 12.2. The molecule has 1 aromatic carbocycles. The third-order valence-electron chi connectivity index (χ3n) is 4.15. The van der Waals surface area contributed by atoms with Crippen molar-refractivity contribution in [2.24, 2.45) is 0 Å². The molecule has 0 aromatic heterocycles. The van der Waals surface area contributed by atoms with E-state index in [2.05, 4.69) is 45.4 Å². The summed E-state index contributed by atoms with van der Waals surface area (Å²) in [7, 11) is 0. The fourth-order valence-electron chi connectivity index (χ4n) is 3.09. The summed E-state index contributed by atoms with van der Waals surface area (Å²) in [4.78, 5) is 5.19. The van der Waals surface area contributed by atoms with Gasteiger partial charge in [0.05, 0.1) is 6.67 Å². The van der Waals surface area contributed by atoms with Crippen molar-refractivity contribution >= 4 is 0 Å². The molecular formula is C15H23N3. The lowest BCUT2D eigenvalue weighted by molar-refractivity contribution is 0.138. The van der Waals surface area contributed by atoms with E-state index >= 15 is 0 Å². The van der Waals surface area contributed by atoms with Gasteiger partial charge in [-0.25, -0.2) is 0 Å². The second-order valence-electron chi connectivity index (χ2n) is 5.48. The lowest BCUT2D eigenvalue weighted by Gasteiger charge is -2.31. The van der Waals surface area contributed by atoms with Gasteiger partial charge in [-0.1, -0.05) is 30.3 Å². The summed E-state index contributed by atoms with van der Waals surface area (Å²) in [6.07, 6.45) is 1.32. The summed E-state index contributed by atoms with van der Waals surface area (Å²) in [6, 6.07) is 11.0. The van der Waals surface area contributed by atoms with Crippen LogP contribution in [0.25, 0.3) is 0 Å². The van der Waals surface area contributed by atoms with Crippen LogP contribution in [-0.4, -0.2) is 55.7 Å².